The third-order valence-corrected chi connectivity index (χ3v) is 2.68. The van der Waals surface area contributed by atoms with Gasteiger partial charge in [0.05, 0.1) is 0 Å². The average molecular weight is 249 g/mol. The van der Waals surface area contributed by atoms with Gasteiger partial charge in [-0.15, -0.1) is 0 Å². The van der Waals surface area contributed by atoms with Crippen LogP contribution in [0.2, 0.25) is 0 Å². The largest absolute Gasteiger partial charge is 0.398 e. The molecular formula is C13H13F2N3. The van der Waals surface area contributed by atoms with Crippen LogP contribution in [-0.4, -0.2) is 4.98 Å². The van der Waals surface area contributed by atoms with Crippen molar-refractivity contribution < 1.29 is 8.78 Å². The first-order valence-electron chi connectivity index (χ1n) is 5.43. The summed E-state index contributed by atoms with van der Waals surface area (Å²) in [4.78, 5) is 4.02. The molecule has 0 amide bonds. The molecule has 0 unspecified atom stereocenters. The van der Waals surface area contributed by atoms with E-state index in [2.05, 4.69) is 10.3 Å². The maximum Gasteiger partial charge on any atom is 0.152 e. The molecule has 18 heavy (non-hydrogen) atoms. The van der Waals surface area contributed by atoms with Crippen molar-refractivity contribution in [2.24, 2.45) is 0 Å². The summed E-state index contributed by atoms with van der Waals surface area (Å²) in [6.07, 6.45) is 1.54. The van der Waals surface area contributed by atoms with Crippen molar-refractivity contribution in [2.45, 2.75) is 13.8 Å². The molecule has 2 aromatic rings. The minimum Gasteiger partial charge on any atom is -0.398 e. The summed E-state index contributed by atoms with van der Waals surface area (Å²) in [6, 6.07) is 4.13. The quantitative estimate of drug-likeness (QED) is 0.858. The predicted octanol–water partition coefficient (Wildman–Crippen LogP) is 3.30. The molecule has 0 fully saturated rings. The topological polar surface area (TPSA) is 50.9 Å². The summed E-state index contributed by atoms with van der Waals surface area (Å²) in [7, 11) is 0. The van der Waals surface area contributed by atoms with Gasteiger partial charge in [-0.3, -0.25) is 0 Å². The first-order valence-corrected chi connectivity index (χ1v) is 5.43. The lowest BCUT2D eigenvalue weighted by atomic mass is 10.2. The van der Waals surface area contributed by atoms with Crippen LogP contribution >= 0.6 is 0 Å². The molecule has 0 saturated carbocycles. The number of benzene rings is 1. The van der Waals surface area contributed by atoms with Crippen molar-refractivity contribution in [1.82, 2.24) is 4.98 Å². The highest BCUT2D eigenvalue weighted by molar-refractivity contribution is 5.63. The Bertz CT molecular complexity index is 597. The Labute approximate surface area is 104 Å². The van der Waals surface area contributed by atoms with Crippen LogP contribution in [0.5, 0.6) is 0 Å². The molecule has 0 bridgehead atoms. The zero-order valence-electron chi connectivity index (χ0n) is 10.1. The van der Waals surface area contributed by atoms with Crippen LogP contribution < -0.4 is 11.1 Å². The summed E-state index contributed by atoms with van der Waals surface area (Å²) >= 11 is 0. The molecule has 94 valence electrons. The van der Waals surface area contributed by atoms with E-state index in [0.29, 0.717) is 17.1 Å². The molecule has 0 atom stereocenters. The molecule has 1 aromatic heterocycles. The van der Waals surface area contributed by atoms with Gasteiger partial charge in [0.15, 0.2) is 5.82 Å². The maximum atomic E-state index is 13.8. The smallest absolute Gasteiger partial charge is 0.152 e. The summed E-state index contributed by atoms with van der Waals surface area (Å²) in [5.41, 5.74) is 7.18. The Balaban J connectivity index is 2.39. The number of aromatic nitrogens is 1. The fraction of sp³-hybridized carbons (Fsp3) is 0.154. The summed E-state index contributed by atoms with van der Waals surface area (Å²) in [6.45, 7) is 3.37. The number of rotatable bonds is 2. The number of hydrogen-bond donors (Lipinski definition) is 2. The zero-order chi connectivity index (χ0) is 13.3. The first kappa shape index (κ1) is 12.3. The van der Waals surface area contributed by atoms with Crippen LogP contribution in [0.1, 0.15) is 11.1 Å². The number of pyridine rings is 1. The minimum absolute atomic E-state index is 0.217. The summed E-state index contributed by atoms with van der Waals surface area (Å²) < 4.78 is 27.3. The number of nitrogens with one attached hydrogen (secondary N) is 1. The number of aryl methyl sites for hydroxylation is 2. The van der Waals surface area contributed by atoms with Gasteiger partial charge in [-0.05, 0) is 31.0 Å². The Kier molecular flexibility index (Phi) is 3.14. The van der Waals surface area contributed by atoms with Crippen molar-refractivity contribution in [3.8, 4) is 0 Å². The molecule has 3 nitrogen and oxygen atoms in total. The number of nitrogens with zero attached hydrogens (tertiary/aromatic N) is 1. The van der Waals surface area contributed by atoms with Gasteiger partial charge >= 0.3 is 0 Å². The van der Waals surface area contributed by atoms with E-state index in [1.807, 2.05) is 0 Å². The highest BCUT2D eigenvalue weighted by Crippen LogP contribution is 2.25. The lowest BCUT2D eigenvalue weighted by Gasteiger charge is -2.10. The van der Waals surface area contributed by atoms with Crippen molar-refractivity contribution in [1.29, 1.82) is 0 Å². The highest BCUT2D eigenvalue weighted by atomic mass is 19.1. The number of nitrogen functional groups attached to an aromatic ring is 1. The fourth-order valence-corrected chi connectivity index (χ4v) is 1.51. The molecule has 1 aromatic carbocycles. The Morgan fingerprint density at radius 1 is 1.17 bits per heavy atom. The van der Waals surface area contributed by atoms with E-state index < -0.39 is 11.6 Å². The highest BCUT2D eigenvalue weighted by Gasteiger charge is 2.12. The van der Waals surface area contributed by atoms with Crippen molar-refractivity contribution in [3.05, 3.63) is 47.2 Å². The molecule has 0 aliphatic carbocycles. The predicted molar refractivity (Wildman–Crippen MR) is 67.8 cm³/mol. The van der Waals surface area contributed by atoms with Crippen molar-refractivity contribution in [2.75, 3.05) is 11.1 Å². The monoisotopic (exact) mass is 249 g/mol. The van der Waals surface area contributed by atoms with Crippen LogP contribution in [0.15, 0.2) is 24.4 Å². The second-order valence-electron chi connectivity index (χ2n) is 4.10. The van der Waals surface area contributed by atoms with Crippen LogP contribution in [0, 0.1) is 25.5 Å². The van der Waals surface area contributed by atoms with E-state index in [0.717, 1.165) is 5.56 Å². The first-order chi connectivity index (χ1) is 8.49. The van der Waals surface area contributed by atoms with E-state index >= 15 is 0 Å². The van der Waals surface area contributed by atoms with Crippen LogP contribution in [0.3, 0.4) is 0 Å². The SMILES string of the molecule is Cc1cnc(Nc2c(F)ccc(C)c2F)cc1N. The lowest BCUT2D eigenvalue weighted by molar-refractivity contribution is 0.584. The molecular weight excluding hydrogens is 236 g/mol. The molecule has 0 radical (unpaired) electrons. The third-order valence-electron chi connectivity index (χ3n) is 2.68. The van der Waals surface area contributed by atoms with E-state index in [1.54, 1.807) is 20.0 Å². The molecule has 0 spiro atoms. The number of nitrogens with two attached hydrogens (primary N) is 1. The van der Waals surface area contributed by atoms with Gasteiger partial charge in [-0.25, -0.2) is 13.8 Å². The van der Waals surface area contributed by atoms with Gasteiger partial charge in [0.25, 0.3) is 0 Å². The third kappa shape index (κ3) is 2.25. The molecule has 0 aliphatic rings. The fourth-order valence-electron chi connectivity index (χ4n) is 1.51. The molecule has 0 aliphatic heterocycles. The van der Waals surface area contributed by atoms with Gasteiger partial charge in [-0.2, -0.15) is 0 Å². The second-order valence-corrected chi connectivity index (χ2v) is 4.10. The zero-order valence-corrected chi connectivity index (χ0v) is 10.1. The standard InChI is InChI=1S/C13H13F2N3/c1-7-3-4-9(14)13(12(7)15)18-11-5-10(16)8(2)6-17-11/h3-6H,1-2H3,(H3,16,17,18). The minimum atomic E-state index is -0.668. The van der Waals surface area contributed by atoms with Crippen LogP contribution in [0.4, 0.5) is 26.0 Å². The maximum absolute atomic E-state index is 13.8. The number of halogens is 2. The summed E-state index contributed by atoms with van der Waals surface area (Å²) in [5.74, 6) is -0.989. The molecule has 1 heterocycles. The second kappa shape index (κ2) is 4.60. The van der Waals surface area contributed by atoms with E-state index in [9.17, 15) is 8.78 Å². The van der Waals surface area contributed by atoms with Gasteiger partial charge in [0.1, 0.15) is 17.3 Å². The van der Waals surface area contributed by atoms with Crippen molar-refractivity contribution in [3.63, 3.8) is 0 Å². The van der Waals surface area contributed by atoms with E-state index in [4.69, 9.17) is 5.73 Å². The summed E-state index contributed by atoms with van der Waals surface area (Å²) in [5, 5.41) is 2.61. The Hall–Kier alpha value is -2.17. The molecule has 2 rings (SSSR count). The van der Waals surface area contributed by atoms with E-state index in [-0.39, 0.29) is 5.69 Å². The van der Waals surface area contributed by atoms with Crippen LogP contribution in [0.25, 0.3) is 0 Å². The number of hydrogen-bond acceptors (Lipinski definition) is 3. The molecule has 0 saturated heterocycles. The number of anilines is 3. The van der Waals surface area contributed by atoms with Gasteiger partial charge in [0.2, 0.25) is 0 Å². The average Bonchev–Trinajstić information content (AvgIpc) is 2.34. The Morgan fingerprint density at radius 3 is 2.56 bits per heavy atom. The van der Waals surface area contributed by atoms with Gasteiger partial charge in [0, 0.05) is 18.0 Å². The molecule has 5 heteroatoms. The van der Waals surface area contributed by atoms with Crippen LogP contribution in [-0.2, 0) is 0 Å². The normalized spacial score (nSPS) is 10.4. The van der Waals surface area contributed by atoms with E-state index in [1.165, 1.54) is 18.2 Å². The Morgan fingerprint density at radius 2 is 1.89 bits per heavy atom. The van der Waals surface area contributed by atoms with Crippen molar-refractivity contribution >= 4 is 17.2 Å². The van der Waals surface area contributed by atoms with Gasteiger partial charge < -0.3 is 11.1 Å². The lowest BCUT2D eigenvalue weighted by Crippen LogP contribution is -2.02. The molecule has 3 N–H and O–H groups in total. The van der Waals surface area contributed by atoms with Gasteiger partial charge in [-0.1, -0.05) is 6.07 Å².